The number of ketones is 1. The van der Waals surface area contributed by atoms with E-state index >= 15 is 0 Å². The van der Waals surface area contributed by atoms with Crippen LogP contribution in [0, 0.1) is 5.92 Å². The lowest BCUT2D eigenvalue weighted by Gasteiger charge is -2.14. The van der Waals surface area contributed by atoms with E-state index in [1.54, 1.807) is 23.5 Å². The number of nitrogens with one attached hydrogen (secondary N) is 1. The maximum Gasteiger partial charge on any atom is 0.220 e. The minimum Gasteiger partial charge on any atom is -0.389 e. The Balaban J connectivity index is 3.58. The maximum absolute atomic E-state index is 11.7. The Morgan fingerprint density at radius 2 is 1.88 bits per heavy atom. The van der Waals surface area contributed by atoms with Crippen molar-refractivity contribution in [3.05, 3.63) is 12.2 Å². The van der Waals surface area contributed by atoms with Crippen LogP contribution in [0.5, 0.6) is 0 Å². The molecule has 0 rings (SSSR count). The van der Waals surface area contributed by atoms with Crippen LogP contribution in [-0.2, 0) is 9.59 Å². The van der Waals surface area contributed by atoms with Gasteiger partial charge in [0.1, 0.15) is 6.61 Å². The summed E-state index contributed by atoms with van der Waals surface area (Å²) in [6.45, 7) is 7.36. The van der Waals surface area contributed by atoms with Gasteiger partial charge < -0.3 is 16.2 Å². The predicted octanol–water partition coefficient (Wildman–Crippen LogP) is 2.23. The van der Waals surface area contributed by atoms with E-state index in [9.17, 15) is 9.59 Å². The van der Waals surface area contributed by atoms with E-state index < -0.39 is 0 Å². The highest BCUT2D eigenvalue weighted by molar-refractivity contribution is 7.99. The normalized spacial score (nSPS) is 12.0. The number of amides is 1. The summed E-state index contributed by atoms with van der Waals surface area (Å²) in [7, 11) is 0. The second-order valence-electron chi connectivity index (χ2n) is 6.08. The molecule has 7 heteroatoms. The van der Waals surface area contributed by atoms with Crippen LogP contribution in [0.1, 0.15) is 39.0 Å². The minimum atomic E-state index is -0.360. The highest BCUT2D eigenvalue weighted by atomic mass is 32.2. The molecule has 1 amide bonds. The summed E-state index contributed by atoms with van der Waals surface area (Å²) in [6.07, 6.45) is 4.04. The van der Waals surface area contributed by atoms with E-state index in [0.29, 0.717) is 25.3 Å². The molecular formula is C18H34N2O3S2. The van der Waals surface area contributed by atoms with Crippen molar-refractivity contribution in [1.29, 1.82) is 0 Å². The Morgan fingerprint density at radius 3 is 2.56 bits per heavy atom. The minimum absolute atomic E-state index is 0.104. The molecule has 0 heterocycles. The number of carbonyl (C=O) groups excluding carboxylic acids is 2. The molecule has 0 aromatic heterocycles. The number of aliphatic hydroxyl groups excluding tert-OH is 1. The maximum atomic E-state index is 11.7. The average Bonchev–Trinajstić information content (AvgIpc) is 2.61. The second-order valence-corrected chi connectivity index (χ2v) is 8.34. The molecule has 0 aliphatic rings. The first-order valence-corrected chi connectivity index (χ1v) is 11.2. The summed E-state index contributed by atoms with van der Waals surface area (Å²) < 4.78 is 0. The molecule has 0 aromatic carbocycles. The van der Waals surface area contributed by atoms with Gasteiger partial charge in [0, 0.05) is 36.6 Å². The van der Waals surface area contributed by atoms with Crippen LogP contribution in [0.2, 0.25) is 0 Å². The molecule has 0 aliphatic carbocycles. The van der Waals surface area contributed by atoms with E-state index in [-0.39, 0.29) is 18.3 Å². The van der Waals surface area contributed by atoms with Crippen molar-refractivity contribution >= 4 is 35.2 Å². The quantitative estimate of drug-likeness (QED) is 0.261. The Morgan fingerprint density at radius 1 is 1.16 bits per heavy atom. The Bertz CT molecular complexity index is 393. The summed E-state index contributed by atoms with van der Waals surface area (Å²) in [4.78, 5) is 22.7. The zero-order valence-corrected chi connectivity index (χ0v) is 17.1. The number of hydrogen-bond donors (Lipinski definition) is 3. The van der Waals surface area contributed by atoms with Crippen LogP contribution in [0.25, 0.3) is 0 Å². The van der Waals surface area contributed by atoms with Crippen molar-refractivity contribution in [2.75, 3.05) is 42.7 Å². The fourth-order valence-electron chi connectivity index (χ4n) is 1.92. The van der Waals surface area contributed by atoms with Crippen molar-refractivity contribution in [2.45, 2.75) is 39.0 Å². The van der Waals surface area contributed by atoms with Gasteiger partial charge >= 0.3 is 0 Å². The van der Waals surface area contributed by atoms with E-state index in [4.69, 9.17) is 10.8 Å². The summed E-state index contributed by atoms with van der Waals surface area (Å²) in [5.74, 6) is 3.74. The topological polar surface area (TPSA) is 92.4 Å². The highest BCUT2D eigenvalue weighted by Crippen LogP contribution is 2.20. The molecule has 0 saturated carbocycles. The molecule has 0 spiro atoms. The number of carbonyl (C=O) groups is 2. The second kappa shape index (κ2) is 16.9. The van der Waals surface area contributed by atoms with Crippen LogP contribution in [0.3, 0.4) is 0 Å². The first-order chi connectivity index (χ1) is 12.0. The van der Waals surface area contributed by atoms with Gasteiger partial charge in [-0.1, -0.05) is 25.5 Å². The molecule has 1 atom stereocenters. The third kappa shape index (κ3) is 15.5. The van der Waals surface area contributed by atoms with Gasteiger partial charge in [0.05, 0.1) is 0 Å². The first kappa shape index (κ1) is 24.5. The van der Waals surface area contributed by atoms with Gasteiger partial charge in [-0.25, -0.2) is 0 Å². The number of rotatable bonds is 17. The van der Waals surface area contributed by atoms with E-state index in [1.807, 2.05) is 0 Å². The lowest BCUT2D eigenvalue weighted by Crippen LogP contribution is -2.24. The first-order valence-electron chi connectivity index (χ1n) is 8.93. The van der Waals surface area contributed by atoms with Crippen molar-refractivity contribution < 1.29 is 14.7 Å². The van der Waals surface area contributed by atoms with Gasteiger partial charge in [-0.15, -0.1) is 0 Å². The number of thioether (sulfide) groups is 2. The van der Waals surface area contributed by atoms with Gasteiger partial charge in [-0.2, -0.15) is 23.5 Å². The fourth-order valence-corrected chi connectivity index (χ4v) is 4.06. The SMILES string of the molecule is C=C(CSCCC(=O)NCCCCCN)C(C)CSCCC(=O)CO. The van der Waals surface area contributed by atoms with E-state index in [2.05, 4.69) is 18.8 Å². The fraction of sp³-hybridized carbons (Fsp3) is 0.778. The number of unbranched alkanes of at least 4 members (excludes halogenated alkanes) is 2. The molecule has 146 valence electrons. The molecule has 0 bridgehead atoms. The smallest absolute Gasteiger partial charge is 0.220 e. The summed E-state index contributed by atoms with van der Waals surface area (Å²) in [5.41, 5.74) is 6.60. The van der Waals surface area contributed by atoms with Crippen LogP contribution in [0.4, 0.5) is 0 Å². The summed E-state index contributed by atoms with van der Waals surface area (Å²) in [5, 5.41) is 11.6. The molecular weight excluding hydrogens is 356 g/mol. The third-order valence-electron chi connectivity index (χ3n) is 3.73. The molecule has 1 unspecified atom stereocenters. The number of hydrogen-bond acceptors (Lipinski definition) is 6. The number of Topliss-reactive ketones (excluding diaryl/α,β-unsaturated/α-hetero) is 1. The molecule has 25 heavy (non-hydrogen) atoms. The predicted molar refractivity (Wildman–Crippen MR) is 110 cm³/mol. The molecule has 0 fully saturated rings. The standard InChI is InChI=1S/C18H34N2O3S2/c1-15(13-24-10-6-17(22)12-21)16(2)14-25-11-7-18(23)20-9-5-3-4-8-19/h15,21H,2-14,19H2,1H3,(H,20,23). The van der Waals surface area contributed by atoms with Gasteiger partial charge in [0.15, 0.2) is 5.78 Å². The number of aliphatic hydroxyl groups is 1. The summed E-state index contributed by atoms with van der Waals surface area (Å²) >= 11 is 3.46. The van der Waals surface area contributed by atoms with Gasteiger partial charge in [0.25, 0.3) is 0 Å². The average molecular weight is 391 g/mol. The Hall–Kier alpha value is -0.500. The molecule has 0 aliphatic heterocycles. The zero-order valence-electron chi connectivity index (χ0n) is 15.4. The monoisotopic (exact) mass is 390 g/mol. The Labute approximate surface area is 161 Å². The van der Waals surface area contributed by atoms with Gasteiger partial charge in [-0.05, 0) is 31.1 Å². The Kier molecular flexibility index (Phi) is 16.6. The van der Waals surface area contributed by atoms with Gasteiger partial charge in [0.2, 0.25) is 5.91 Å². The zero-order chi connectivity index (χ0) is 18.9. The molecule has 0 radical (unpaired) electrons. The van der Waals surface area contributed by atoms with E-state index in [0.717, 1.165) is 48.8 Å². The highest BCUT2D eigenvalue weighted by Gasteiger charge is 2.08. The lowest BCUT2D eigenvalue weighted by atomic mass is 10.1. The molecule has 0 aromatic rings. The van der Waals surface area contributed by atoms with Crippen LogP contribution >= 0.6 is 23.5 Å². The van der Waals surface area contributed by atoms with Crippen LogP contribution < -0.4 is 11.1 Å². The van der Waals surface area contributed by atoms with Crippen molar-refractivity contribution in [3.8, 4) is 0 Å². The van der Waals surface area contributed by atoms with Crippen molar-refractivity contribution in [3.63, 3.8) is 0 Å². The summed E-state index contributed by atoms with van der Waals surface area (Å²) in [6, 6.07) is 0. The molecule has 0 saturated heterocycles. The molecule has 5 nitrogen and oxygen atoms in total. The largest absolute Gasteiger partial charge is 0.389 e. The van der Waals surface area contributed by atoms with Gasteiger partial charge in [-0.3, -0.25) is 9.59 Å². The van der Waals surface area contributed by atoms with Crippen molar-refractivity contribution in [2.24, 2.45) is 11.7 Å². The molecule has 4 N–H and O–H groups in total. The number of nitrogens with two attached hydrogens (primary N) is 1. The van der Waals surface area contributed by atoms with E-state index in [1.165, 1.54) is 5.57 Å². The van der Waals surface area contributed by atoms with Crippen LogP contribution in [0.15, 0.2) is 12.2 Å². The third-order valence-corrected chi connectivity index (χ3v) is 6.03. The van der Waals surface area contributed by atoms with Crippen LogP contribution in [-0.4, -0.2) is 59.5 Å². The van der Waals surface area contributed by atoms with Crippen molar-refractivity contribution in [1.82, 2.24) is 5.32 Å². The lowest BCUT2D eigenvalue weighted by molar-refractivity contribution is -0.121.